The fourth-order valence-corrected chi connectivity index (χ4v) is 2.26. The average Bonchev–Trinajstić information content (AvgIpc) is 2.53. The molecule has 0 saturated heterocycles. The molecular formula is C18H17F4N3O2. The van der Waals surface area contributed by atoms with Crippen LogP contribution in [0.2, 0.25) is 0 Å². The predicted molar refractivity (Wildman–Crippen MR) is 92.6 cm³/mol. The van der Waals surface area contributed by atoms with Crippen LogP contribution in [0.25, 0.3) is 0 Å². The zero-order valence-corrected chi connectivity index (χ0v) is 14.3. The number of hydrogen-bond donors (Lipinski definition) is 2. The summed E-state index contributed by atoms with van der Waals surface area (Å²) < 4.78 is 50.6. The van der Waals surface area contributed by atoms with Gasteiger partial charge in [0.1, 0.15) is 5.82 Å². The van der Waals surface area contributed by atoms with Gasteiger partial charge in [-0.25, -0.2) is 4.39 Å². The van der Waals surface area contributed by atoms with Crippen molar-refractivity contribution in [3.8, 4) is 0 Å². The highest BCUT2D eigenvalue weighted by Gasteiger charge is 2.30. The SMILES string of the molecule is CN(CC(=O)Nc1ccc(C(F)(F)F)cc1)CC(=O)Nc1cccc(F)c1. The first-order chi connectivity index (χ1) is 12.6. The number of anilines is 2. The molecule has 0 atom stereocenters. The summed E-state index contributed by atoms with van der Waals surface area (Å²) in [5.74, 6) is -1.42. The van der Waals surface area contributed by atoms with Gasteiger partial charge in [0, 0.05) is 11.4 Å². The van der Waals surface area contributed by atoms with Gasteiger partial charge >= 0.3 is 6.18 Å². The Bertz CT molecular complexity index is 807. The summed E-state index contributed by atoms with van der Waals surface area (Å²) in [5, 5.41) is 4.95. The molecule has 2 aromatic rings. The summed E-state index contributed by atoms with van der Waals surface area (Å²) in [4.78, 5) is 25.2. The summed E-state index contributed by atoms with van der Waals surface area (Å²) in [6.45, 7) is -0.283. The van der Waals surface area contributed by atoms with E-state index >= 15 is 0 Å². The Morgan fingerprint density at radius 3 is 2.00 bits per heavy atom. The molecule has 0 bridgehead atoms. The number of carbonyl (C=O) groups is 2. The Kier molecular flexibility index (Phi) is 6.51. The Balaban J connectivity index is 1.81. The Morgan fingerprint density at radius 2 is 1.48 bits per heavy atom. The first kappa shape index (κ1) is 20.4. The molecule has 0 saturated carbocycles. The van der Waals surface area contributed by atoms with Crippen LogP contribution in [0.15, 0.2) is 48.5 Å². The predicted octanol–water partition coefficient (Wildman–Crippen LogP) is 3.35. The third kappa shape index (κ3) is 6.70. The number of amides is 2. The first-order valence-corrected chi connectivity index (χ1v) is 7.84. The maximum atomic E-state index is 13.1. The van der Waals surface area contributed by atoms with Crippen LogP contribution in [-0.2, 0) is 15.8 Å². The van der Waals surface area contributed by atoms with Gasteiger partial charge in [0.05, 0.1) is 18.7 Å². The number of nitrogens with zero attached hydrogens (tertiary/aromatic N) is 1. The maximum absolute atomic E-state index is 13.1. The summed E-state index contributed by atoms with van der Waals surface area (Å²) in [7, 11) is 1.53. The molecule has 0 aliphatic rings. The van der Waals surface area contributed by atoms with E-state index in [1.807, 2.05) is 0 Å². The Morgan fingerprint density at radius 1 is 0.926 bits per heavy atom. The van der Waals surface area contributed by atoms with Crippen molar-refractivity contribution in [2.75, 3.05) is 30.8 Å². The fraction of sp³-hybridized carbons (Fsp3) is 0.222. The molecule has 0 radical (unpaired) electrons. The summed E-state index contributed by atoms with van der Waals surface area (Å²) >= 11 is 0. The quantitative estimate of drug-likeness (QED) is 0.752. The normalized spacial score (nSPS) is 11.3. The van der Waals surface area contributed by atoms with Crippen LogP contribution in [0.4, 0.5) is 28.9 Å². The van der Waals surface area contributed by atoms with Gasteiger partial charge in [-0.1, -0.05) is 6.07 Å². The molecule has 0 aromatic heterocycles. The van der Waals surface area contributed by atoms with Gasteiger partial charge in [0.25, 0.3) is 0 Å². The van der Waals surface area contributed by atoms with Gasteiger partial charge in [-0.15, -0.1) is 0 Å². The van der Waals surface area contributed by atoms with Crippen molar-refractivity contribution in [2.45, 2.75) is 6.18 Å². The minimum atomic E-state index is -4.45. The van der Waals surface area contributed by atoms with E-state index < -0.39 is 29.4 Å². The van der Waals surface area contributed by atoms with Crippen molar-refractivity contribution in [2.24, 2.45) is 0 Å². The van der Waals surface area contributed by atoms with Gasteiger partial charge in [-0.05, 0) is 49.5 Å². The third-order valence-electron chi connectivity index (χ3n) is 3.43. The summed E-state index contributed by atoms with van der Waals surface area (Å²) in [6, 6.07) is 9.42. The molecule has 0 heterocycles. The van der Waals surface area contributed by atoms with Crippen LogP contribution in [-0.4, -0.2) is 36.9 Å². The molecule has 27 heavy (non-hydrogen) atoms. The topological polar surface area (TPSA) is 61.4 Å². The second-order valence-corrected chi connectivity index (χ2v) is 5.85. The smallest absolute Gasteiger partial charge is 0.325 e. The van der Waals surface area contributed by atoms with Crippen LogP contribution in [0, 0.1) is 5.82 Å². The maximum Gasteiger partial charge on any atom is 0.416 e. The monoisotopic (exact) mass is 383 g/mol. The second-order valence-electron chi connectivity index (χ2n) is 5.85. The lowest BCUT2D eigenvalue weighted by atomic mass is 10.2. The molecule has 2 rings (SSSR count). The molecule has 2 N–H and O–H groups in total. The van der Waals surface area contributed by atoms with Gasteiger partial charge in [0.15, 0.2) is 0 Å². The molecular weight excluding hydrogens is 366 g/mol. The molecule has 0 spiro atoms. The highest BCUT2D eigenvalue weighted by atomic mass is 19.4. The summed E-state index contributed by atoms with van der Waals surface area (Å²) in [6.07, 6.45) is -4.45. The lowest BCUT2D eigenvalue weighted by Gasteiger charge is -2.16. The van der Waals surface area contributed by atoms with Crippen molar-refractivity contribution in [3.05, 3.63) is 59.9 Å². The van der Waals surface area contributed by atoms with Gasteiger partial charge < -0.3 is 10.6 Å². The third-order valence-corrected chi connectivity index (χ3v) is 3.43. The number of benzene rings is 2. The number of nitrogens with one attached hydrogen (secondary N) is 2. The molecule has 144 valence electrons. The number of hydrogen-bond acceptors (Lipinski definition) is 3. The van der Waals surface area contributed by atoms with Crippen molar-refractivity contribution in [1.82, 2.24) is 4.90 Å². The minimum absolute atomic E-state index is 0.128. The second kappa shape index (κ2) is 8.63. The fourth-order valence-electron chi connectivity index (χ4n) is 2.26. The van der Waals surface area contributed by atoms with E-state index in [0.29, 0.717) is 5.69 Å². The lowest BCUT2D eigenvalue weighted by Crippen LogP contribution is -2.36. The zero-order chi connectivity index (χ0) is 20.0. The van der Waals surface area contributed by atoms with E-state index in [9.17, 15) is 27.2 Å². The van der Waals surface area contributed by atoms with Crippen LogP contribution >= 0.6 is 0 Å². The molecule has 9 heteroatoms. The first-order valence-electron chi connectivity index (χ1n) is 7.84. The summed E-state index contributed by atoms with van der Waals surface area (Å²) in [5.41, 5.74) is -0.306. The zero-order valence-electron chi connectivity index (χ0n) is 14.3. The molecule has 0 aliphatic carbocycles. The van der Waals surface area contributed by atoms with Crippen molar-refractivity contribution in [3.63, 3.8) is 0 Å². The lowest BCUT2D eigenvalue weighted by molar-refractivity contribution is -0.137. The molecule has 0 aliphatic heterocycles. The Labute approximate surface area is 153 Å². The van der Waals surface area contributed by atoms with Crippen LogP contribution < -0.4 is 10.6 Å². The molecule has 0 unspecified atom stereocenters. The van der Waals surface area contributed by atoms with Gasteiger partial charge in [-0.3, -0.25) is 14.5 Å². The largest absolute Gasteiger partial charge is 0.416 e. The van der Waals surface area contributed by atoms with E-state index in [-0.39, 0.29) is 18.8 Å². The Hall–Kier alpha value is -2.94. The van der Waals surface area contributed by atoms with E-state index in [4.69, 9.17) is 0 Å². The van der Waals surface area contributed by atoms with Crippen LogP contribution in [0.1, 0.15) is 5.56 Å². The number of rotatable bonds is 6. The van der Waals surface area contributed by atoms with Crippen LogP contribution in [0.3, 0.4) is 0 Å². The molecule has 5 nitrogen and oxygen atoms in total. The number of likely N-dealkylation sites (N-methyl/N-ethyl adjacent to an activating group) is 1. The number of carbonyl (C=O) groups excluding carboxylic acids is 2. The van der Waals surface area contributed by atoms with Crippen LogP contribution in [0.5, 0.6) is 0 Å². The van der Waals surface area contributed by atoms with E-state index in [1.54, 1.807) is 0 Å². The van der Waals surface area contributed by atoms with E-state index in [2.05, 4.69) is 10.6 Å². The minimum Gasteiger partial charge on any atom is -0.325 e. The van der Waals surface area contributed by atoms with Gasteiger partial charge in [-0.2, -0.15) is 13.2 Å². The van der Waals surface area contributed by atoms with Crippen molar-refractivity contribution in [1.29, 1.82) is 0 Å². The highest BCUT2D eigenvalue weighted by Crippen LogP contribution is 2.29. The molecule has 2 aromatic carbocycles. The van der Waals surface area contributed by atoms with E-state index in [1.165, 1.54) is 30.1 Å². The van der Waals surface area contributed by atoms with E-state index in [0.717, 1.165) is 30.3 Å². The highest BCUT2D eigenvalue weighted by molar-refractivity contribution is 5.94. The van der Waals surface area contributed by atoms with Crippen molar-refractivity contribution >= 4 is 23.2 Å². The number of halogens is 4. The molecule has 0 fully saturated rings. The number of alkyl halides is 3. The van der Waals surface area contributed by atoms with Crippen molar-refractivity contribution < 1.29 is 27.2 Å². The average molecular weight is 383 g/mol. The molecule has 2 amide bonds. The van der Waals surface area contributed by atoms with Gasteiger partial charge in [0.2, 0.25) is 11.8 Å². The standard InChI is InChI=1S/C18H17F4N3O2/c1-25(11-17(27)24-15-4-2-3-13(19)9-15)10-16(26)23-14-7-5-12(6-8-14)18(20,21)22/h2-9H,10-11H2,1H3,(H,23,26)(H,24,27).